The summed E-state index contributed by atoms with van der Waals surface area (Å²) in [6.07, 6.45) is 3.03. The zero-order valence-electron chi connectivity index (χ0n) is 11.2. The van der Waals surface area contributed by atoms with Crippen molar-refractivity contribution >= 4 is 31.8 Å². The van der Waals surface area contributed by atoms with Crippen molar-refractivity contribution in [1.29, 1.82) is 5.26 Å². The Morgan fingerprint density at radius 1 is 1.27 bits per heavy atom. The normalized spacial score (nSPS) is 11.8. The predicted molar refractivity (Wildman–Crippen MR) is 82.8 cm³/mol. The summed E-state index contributed by atoms with van der Waals surface area (Å²) in [6, 6.07) is 12.0. The van der Waals surface area contributed by atoms with Crippen molar-refractivity contribution in [2.24, 2.45) is 0 Å². The van der Waals surface area contributed by atoms with Crippen LogP contribution in [0.2, 0.25) is 5.02 Å². The Bertz CT molecular complexity index is 774. The molecule has 22 heavy (non-hydrogen) atoms. The monoisotopic (exact) mass is 311 g/mol. The molecule has 2 aromatic rings. The molecule has 7 heteroatoms. The van der Waals surface area contributed by atoms with E-state index in [0.29, 0.717) is 38.6 Å². The number of ether oxygens (including phenoxy) is 1. The maximum absolute atomic E-state index is 9.61. The highest BCUT2D eigenvalue weighted by Crippen LogP contribution is 2.36. The molecule has 0 spiro atoms. The number of anilines is 1. The molecule has 0 unspecified atom stereocenters. The van der Waals surface area contributed by atoms with Crippen molar-refractivity contribution in [3.05, 3.63) is 58.8 Å². The molecule has 0 amide bonds. The van der Waals surface area contributed by atoms with Crippen LogP contribution in [0.1, 0.15) is 11.1 Å². The highest BCUT2D eigenvalue weighted by atomic mass is 35.5. The molecule has 0 atom stereocenters. The summed E-state index contributed by atoms with van der Waals surface area (Å²) < 4.78 is 5.77. The fourth-order valence-corrected chi connectivity index (χ4v) is 2.16. The van der Waals surface area contributed by atoms with Crippen LogP contribution in [-0.4, -0.2) is 13.6 Å². The van der Waals surface area contributed by atoms with Gasteiger partial charge in [0.1, 0.15) is 29.5 Å². The van der Waals surface area contributed by atoms with Gasteiger partial charge in [0.2, 0.25) is 0 Å². The number of fused-ring (bicyclic) bond motifs is 1. The van der Waals surface area contributed by atoms with Crippen molar-refractivity contribution in [2.45, 2.75) is 0 Å². The average molecular weight is 312 g/mol. The largest absolute Gasteiger partial charge is 0.457 e. The Hall–Kier alpha value is -2.62. The van der Waals surface area contributed by atoms with E-state index in [1.54, 1.807) is 42.5 Å². The SMILES string of the molecule is N#Cc1ccc(Oc2cccc3c2C=CON3O)cc1Cl.[B]. The zero-order valence-corrected chi connectivity index (χ0v) is 12.0. The summed E-state index contributed by atoms with van der Waals surface area (Å²) in [5, 5.41) is 19.4. The highest BCUT2D eigenvalue weighted by Gasteiger charge is 2.17. The predicted octanol–water partition coefficient (Wildman–Crippen LogP) is 3.73. The number of nitrogens with zero attached hydrogens (tertiary/aromatic N) is 2. The Labute approximate surface area is 134 Å². The van der Waals surface area contributed by atoms with E-state index in [1.165, 1.54) is 6.26 Å². The number of nitriles is 1. The van der Waals surface area contributed by atoms with Gasteiger partial charge in [0, 0.05) is 20.0 Å². The Morgan fingerprint density at radius 3 is 2.82 bits per heavy atom. The standard InChI is InChI=1S/C15H9ClN2O3.B/c16-13-8-11(5-4-10(13)9-17)21-15-3-1-2-14-12(15)6-7-20-18(14)19;/h1-8,19H;. The van der Waals surface area contributed by atoms with Gasteiger partial charge in [-0.25, -0.2) is 0 Å². The molecule has 1 heterocycles. The first kappa shape index (κ1) is 15.8. The van der Waals surface area contributed by atoms with E-state index in [9.17, 15) is 5.21 Å². The molecule has 1 aliphatic rings. The average Bonchev–Trinajstić information content (AvgIpc) is 2.49. The zero-order chi connectivity index (χ0) is 14.8. The molecule has 0 aliphatic carbocycles. The number of hydrogen-bond acceptors (Lipinski definition) is 5. The molecule has 1 aliphatic heterocycles. The van der Waals surface area contributed by atoms with E-state index >= 15 is 0 Å². The molecular formula is C15H9BClN2O3. The molecular weight excluding hydrogens is 302 g/mol. The first-order valence-corrected chi connectivity index (χ1v) is 6.39. The summed E-state index contributed by atoms with van der Waals surface area (Å²) in [5.41, 5.74) is 1.52. The van der Waals surface area contributed by atoms with Crippen molar-refractivity contribution in [3.63, 3.8) is 0 Å². The van der Waals surface area contributed by atoms with E-state index in [1.807, 2.05) is 6.07 Å². The fraction of sp³-hybridized carbons (Fsp3) is 0. The second-order valence-electron chi connectivity index (χ2n) is 4.23. The van der Waals surface area contributed by atoms with E-state index in [2.05, 4.69) is 0 Å². The second kappa shape index (κ2) is 6.44. The van der Waals surface area contributed by atoms with E-state index < -0.39 is 0 Å². The van der Waals surface area contributed by atoms with Gasteiger partial charge in [-0.1, -0.05) is 22.9 Å². The minimum atomic E-state index is 0. The fourth-order valence-electron chi connectivity index (χ4n) is 1.95. The molecule has 0 saturated heterocycles. The third-order valence-electron chi connectivity index (χ3n) is 2.93. The van der Waals surface area contributed by atoms with Gasteiger partial charge < -0.3 is 9.57 Å². The van der Waals surface area contributed by atoms with Crippen molar-refractivity contribution in [2.75, 3.05) is 5.23 Å². The minimum Gasteiger partial charge on any atom is -0.457 e. The number of halogens is 1. The Morgan fingerprint density at radius 2 is 2.09 bits per heavy atom. The first-order valence-electron chi connectivity index (χ1n) is 6.02. The lowest BCUT2D eigenvalue weighted by molar-refractivity contribution is 0.0133. The minimum absolute atomic E-state index is 0. The first-order chi connectivity index (χ1) is 10.2. The number of hydrogen-bond donors (Lipinski definition) is 1. The van der Waals surface area contributed by atoms with Crippen molar-refractivity contribution in [3.8, 4) is 17.6 Å². The maximum atomic E-state index is 9.61. The van der Waals surface area contributed by atoms with E-state index in [4.69, 9.17) is 26.4 Å². The summed E-state index contributed by atoms with van der Waals surface area (Å²) in [5.74, 6) is 1.03. The van der Waals surface area contributed by atoms with Crippen LogP contribution in [0.4, 0.5) is 5.69 Å². The van der Waals surface area contributed by atoms with Crippen molar-refractivity contribution in [1.82, 2.24) is 0 Å². The van der Waals surface area contributed by atoms with Gasteiger partial charge in [-0.2, -0.15) is 5.26 Å². The molecule has 107 valence electrons. The van der Waals surface area contributed by atoms with Gasteiger partial charge in [-0.05, 0) is 30.3 Å². The third kappa shape index (κ3) is 2.86. The van der Waals surface area contributed by atoms with Crippen LogP contribution in [0.3, 0.4) is 0 Å². The Balaban J connectivity index is 0.00000176. The van der Waals surface area contributed by atoms with Crippen LogP contribution in [-0.2, 0) is 4.84 Å². The number of benzene rings is 2. The highest BCUT2D eigenvalue weighted by molar-refractivity contribution is 6.31. The summed E-state index contributed by atoms with van der Waals surface area (Å²) in [6.45, 7) is 0. The lowest BCUT2D eigenvalue weighted by Gasteiger charge is -2.22. The molecule has 0 fully saturated rings. The van der Waals surface area contributed by atoms with Crippen LogP contribution < -0.4 is 9.96 Å². The van der Waals surface area contributed by atoms with Crippen LogP contribution >= 0.6 is 11.6 Å². The van der Waals surface area contributed by atoms with Crippen LogP contribution in [0.25, 0.3) is 6.08 Å². The van der Waals surface area contributed by atoms with Crippen LogP contribution in [0, 0.1) is 11.3 Å². The quantitative estimate of drug-likeness (QED) is 0.856. The summed E-state index contributed by atoms with van der Waals surface area (Å²) >= 11 is 5.98. The van der Waals surface area contributed by atoms with Gasteiger partial charge in [0.05, 0.1) is 10.6 Å². The maximum Gasteiger partial charge on any atom is 0.137 e. The summed E-state index contributed by atoms with van der Waals surface area (Å²) in [4.78, 5) is 4.85. The lowest BCUT2D eigenvalue weighted by atomic mass is 10.1. The van der Waals surface area contributed by atoms with Gasteiger partial charge in [0.15, 0.2) is 0 Å². The van der Waals surface area contributed by atoms with Gasteiger partial charge in [-0.15, -0.1) is 0 Å². The van der Waals surface area contributed by atoms with Gasteiger partial charge >= 0.3 is 0 Å². The van der Waals surface area contributed by atoms with Crippen molar-refractivity contribution < 1.29 is 14.8 Å². The molecule has 0 aromatic heterocycles. The molecule has 0 saturated carbocycles. The van der Waals surface area contributed by atoms with Gasteiger partial charge in [0.25, 0.3) is 0 Å². The third-order valence-corrected chi connectivity index (χ3v) is 3.25. The van der Waals surface area contributed by atoms with E-state index in [-0.39, 0.29) is 8.41 Å². The van der Waals surface area contributed by atoms with E-state index in [0.717, 1.165) is 0 Å². The molecule has 2 aromatic carbocycles. The smallest absolute Gasteiger partial charge is 0.137 e. The second-order valence-corrected chi connectivity index (χ2v) is 4.63. The van der Waals surface area contributed by atoms with Crippen LogP contribution in [0.5, 0.6) is 11.5 Å². The summed E-state index contributed by atoms with van der Waals surface area (Å²) in [7, 11) is 0. The molecule has 5 nitrogen and oxygen atoms in total. The molecule has 1 N–H and O–H groups in total. The topological polar surface area (TPSA) is 65.7 Å². The Kier molecular flexibility index (Phi) is 4.61. The molecule has 3 radical (unpaired) electrons. The number of rotatable bonds is 2. The molecule has 3 rings (SSSR count). The lowest BCUT2D eigenvalue weighted by Crippen LogP contribution is -2.18. The molecule has 0 bridgehead atoms. The van der Waals surface area contributed by atoms with Crippen LogP contribution in [0.15, 0.2) is 42.7 Å². The van der Waals surface area contributed by atoms with Gasteiger partial charge in [-0.3, -0.25) is 5.21 Å².